The van der Waals surface area contributed by atoms with Crippen molar-refractivity contribution in [3.63, 3.8) is 0 Å². The Hall–Kier alpha value is -1.47. The molecule has 0 fully saturated rings. The molecule has 0 aliphatic rings. The van der Waals surface area contributed by atoms with E-state index in [4.69, 9.17) is 4.42 Å². The molecule has 0 radical (unpaired) electrons. The second kappa shape index (κ2) is 6.32. The monoisotopic (exact) mass is 306 g/mol. The van der Waals surface area contributed by atoms with Gasteiger partial charge in [0, 0.05) is 35.1 Å². The third kappa shape index (κ3) is 3.16. The van der Waals surface area contributed by atoms with Gasteiger partial charge in [0.15, 0.2) is 0 Å². The number of aliphatic hydroxyl groups excluding tert-OH is 1. The summed E-state index contributed by atoms with van der Waals surface area (Å²) in [5.74, 6) is 0.584. The zero-order valence-corrected chi connectivity index (χ0v) is 12.3. The van der Waals surface area contributed by atoms with Crippen molar-refractivity contribution in [3.8, 4) is 10.6 Å². The van der Waals surface area contributed by atoms with Gasteiger partial charge in [0.25, 0.3) is 0 Å². The molecule has 0 aliphatic heterocycles. The van der Waals surface area contributed by atoms with Crippen molar-refractivity contribution >= 4 is 22.7 Å². The van der Waals surface area contributed by atoms with Crippen molar-refractivity contribution in [1.82, 2.24) is 10.3 Å². The first-order valence-electron chi connectivity index (χ1n) is 6.22. The van der Waals surface area contributed by atoms with Crippen molar-refractivity contribution in [2.45, 2.75) is 12.6 Å². The summed E-state index contributed by atoms with van der Waals surface area (Å²) in [6.45, 7) is 1.15. The first-order valence-corrected chi connectivity index (χ1v) is 7.98. The summed E-state index contributed by atoms with van der Waals surface area (Å²) in [5.41, 5.74) is 1.17. The maximum absolute atomic E-state index is 9.88. The molecule has 3 rings (SSSR count). The van der Waals surface area contributed by atoms with E-state index >= 15 is 0 Å². The fraction of sp³-hybridized carbons (Fsp3) is 0.214. The predicted molar refractivity (Wildman–Crippen MR) is 80.8 cm³/mol. The normalized spacial score (nSPS) is 12.7. The number of nitrogens with one attached hydrogen (secondary N) is 1. The molecule has 0 saturated heterocycles. The average molecular weight is 306 g/mol. The Balaban J connectivity index is 1.52. The number of thiazole rings is 1. The summed E-state index contributed by atoms with van der Waals surface area (Å²) in [6.07, 6.45) is 2.83. The Bertz CT molecular complexity index is 632. The molecule has 0 aromatic carbocycles. The van der Waals surface area contributed by atoms with Crippen LogP contribution in [0.3, 0.4) is 0 Å². The SMILES string of the molecule is OC(CNCc1cnc(-c2ccsc2)s1)c1ccco1. The maximum atomic E-state index is 9.88. The molecule has 20 heavy (non-hydrogen) atoms. The standard InChI is InChI=1S/C14H14N2O2S2/c17-12(13-2-1-4-18-13)8-15-6-11-7-16-14(20-11)10-3-5-19-9-10/h1-5,7,9,12,15,17H,6,8H2. The number of hydrogen-bond acceptors (Lipinski definition) is 6. The Morgan fingerprint density at radius 2 is 2.35 bits per heavy atom. The molecular weight excluding hydrogens is 292 g/mol. The largest absolute Gasteiger partial charge is 0.467 e. The third-order valence-corrected chi connectivity index (χ3v) is 4.56. The molecular formula is C14H14N2O2S2. The van der Waals surface area contributed by atoms with E-state index in [1.54, 1.807) is 41.1 Å². The van der Waals surface area contributed by atoms with Crippen LogP contribution in [0.15, 0.2) is 45.8 Å². The van der Waals surface area contributed by atoms with Gasteiger partial charge in [0.1, 0.15) is 16.9 Å². The van der Waals surface area contributed by atoms with Crippen LogP contribution in [0.4, 0.5) is 0 Å². The van der Waals surface area contributed by atoms with Gasteiger partial charge in [-0.05, 0) is 23.6 Å². The Morgan fingerprint density at radius 3 is 3.10 bits per heavy atom. The topological polar surface area (TPSA) is 58.3 Å². The van der Waals surface area contributed by atoms with Gasteiger partial charge in [-0.1, -0.05) is 0 Å². The van der Waals surface area contributed by atoms with Crippen molar-refractivity contribution in [2.75, 3.05) is 6.54 Å². The van der Waals surface area contributed by atoms with Crippen LogP contribution in [0, 0.1) is 0 Å². The first-order chi connectivity index (χ1) is 9.83. The lowest BCUT2D eigenvalue weighted by Crippen LogP contribution is -2.20. The zero-order valence-electron chi connectivity index (χ0n) is 10.7. The number of hydrogen-bond donors (Lipinski definition) is 2. The molecule has 3 heterocycles. The van der Waals surface area contributed by atoms with E-state index in [1.807, 2.05) is 11.6 Å². The van der Waals surface area contributed by atoms with E-state index in [9.17, 15) is 5.11 Å². The highest BCUT2D eigenvalue weighted by molar-refractivity contribution is 7.15. The van der Waals surface area contributed by atoms with E-state index < -0.39 is 6.10 Å². The molecule has 3 aromatic heterocycles. The Kier molecular flexibility index (Phi) is 4.27. The van der Waals surface area contributed by atoms with E-state index in [0.29, 0.717) is 18.8 Å². The summed E-state index contributed by atoms with van der Waals surface area (Å²) >= 11 is 3.34. The molecule has 4 nitrogen and oxygen atoms in total. The van der Waals surface area contributed by atoms with Crippen LogP contribution in [0.25, 0.3) is 10.6 Å². The number of thiophene rings is 1. The van der Waals surface area contributed by atoms with Gasteiger partial charge in [-0.15, -0.1) is 11.3 Å². The highest BCUT2D eigenvalue weighted by Gasteiger charge is 2.10. The van der Waals surface area contributed by atoms with Gasteiger partial charge in [0.2, 0.25) is 0 Å². The van der Waals surface area contributed by atoms with Crippen LogP contribution in [0.5, 0.6) is 0 Å². The number of aliphatic hydroxyl groups is 1. The zero-order chi connectivity index (χ0) is 13.8. The minimum atomic E-state index is -0.616. The van der Waals surface area contributed by atoms with E-state index in [2.05, 4.69) is 21.7 Å². The van der Waals surface area contributed by atoms with Crippen molar-refractivity contribution in [2.24, 2.45) is 0 Å². The Labute approximate surface area is 124 Å². The molecule has 2 N–H and O–H groups in total. The Morgan fingerprint density at radius 1 is 1.40 bits per heavy atom. The second-order valence-electron chi connectivity index (χ2n) is 4.31. The molecule has 1 atom stereocenters. The molecule has 0 bridgehead atoms. The molecule has 104 valence electrons. The molecule has 0 aliphatic carbocycles. The van der Waals surface area contributed by atoms with Crippen molar-refractivity contribution in [1.29, 1.82) is 0 Å². The van der Waals surface area contributed by atoms with Gasteiger partial charge >= 0.3 is 0 Å². The number of aromatic nitrogens is 1. The van der Waals surface area contributed by atoms with Crippen LogP contribution in [0.2, 0.25) is 0 Å². The minimum absolute atomic E-state index is 0.458. The first kappa shape index (κ1) is 13.5. The summed E-state index contributed by atoms with van der Waals surface area (Å²) in [7, 11) is 0. The fourth-order valence-electron chi connectivity index (χ4n) is 1.82. The van der Waals surface area contributed by atoms with Crippen molar-refractivity contribution < 1.29 is 9.52 Å². The van der Waals surface area contributed by atoms with Gasteiger partial charge in [-0.3, -0.25) is 0 Å². The van der Waals surface area contributed by atoms with E-state index in [-0.39, 0.29) is 0 Å². The van der Waals surface area contributed by atoms with Crippen LogP contribution >= 0.6 is 22.7 Å². The number of rotatable bonds is 6. The number of nitrogens with zero attached hydrogens (tertiary/aromatic N) is 1. The third-order valence-electron chi connectivity index (χ3n) is 2.83. The maximum Gasteiger partial charge on any atom is 0.133 e. The highest BCUT2D eigenvalue weighted by Crippen LogP contribution is 2.26. The summed E-state index contributed by atoms with van der Waals surface area (Å²) in [4.78, 5) is 5.56. The van der Waals surface area contributed by atoms with Crippen LogP contribution in [0.1, 0.15) is 16.7 Å². The molecule has 0 spiro atoms. The minimum Gasteiger partial charge on any atom is -0.467 e. The molecule has 6 heteroatoms. The summed E-state index contributed by atoms with van der Waals surface area (Å²) in [6, 6.07) is 5.62. The van der Waals surface area contributed by atoms with Gasteiger partial charge < -0.3 is 14.8 Å². The van der Waals surface area contributed by atoms with E-state index in [1.165, 1.54) is 5.56 Å². The average Bonchev–Trinajstić information content (AvgIpc) is 3.20. The van der Waals surface area contributed by atoms with Crippen LogP contribution < -0.4 is 5.32 Å². The van der Waals surface area contributed by atoms with E-state index in [0.717, 1.165) is 9.88 Å². The lowest BCUT2D eigenvalue weighted by Gasteiger charge is -2.08. The van der Waals surface area contributed by atoms with Crippen LogP contribution in [-0.4, -0.2) is 16.6 Å². The summed E-state index contributed by atoms with van der Waals surface area (Å²) < 4.78 is 5.15. The van der Waals surface area contributed by atoms with Gasteiger partial charge in [-0.25, -0.2) is 4.98 Å². The molecule has 1 unspecified atom stereocenters. The molecule has 3 aromatic rings. The fourth-order valence-corrected chi connectivity index (χ4v) is 3.42. The lowest BCUT2D eigenvalue weighted by atomic mass is 10.3. The van der Waals surface area contributed by atoms with Crippen molar-refractivity contribution in [3.05, 3.63) is 52.1 Å². The smallest absolute Gasteiger partial charge is 0.133 e. The van der Waals surface area contributed by atoms with Crippen LogP contribution in [-0.2, 0) is 6.54 Å². The molecule has 0 amide bonds. The quantitative estimate of drug-likeness (QED) is 0.734. The highest BCUT2D eigenvalue weighted by atomic mass is 32.1. The predicted octanol–water partition coefficient (Wildman–Crippen LogP) is 3.29. The van der Waals surface area contributed by atoms with Gasteiger partial charge in [-0.2, -0.15) is 11.3 Å². The van der Waals surface area contributed by atoms with Gasteiger partial charge in [0.05, 0.1) is 6.26 Å². The number of furan rings is 1. The lowest BCUT2D eigenvalue weighted by molar-refractivity contribution is 0.147. The molecule has 0 saturated carbocycles. The summed E-state index contributed by atoms with van der Waals surface area (Å²) in [5, 5.41) is 18.3. The second-order valence-corrected chi connectivity index (χ2v) is 6.20.